The highest BCUT2D eigenvalue weighted by atomic mass is 19.1. The van der Waals surface area contributed by atoms with Gasteiger partial charge in [-0.2, -0.15) is 0 Å². The van der Waals surface area contributed by atoms with Crippen molar-refractivity contribution in [2.24, 2.45) is 0 Å². The lowest BCUT2D eigenvalue weighted by molar-refractivity contribution is -0.127. The second-order valence-corrected chi connectivity index (χ2v) is 6.08. The highest BCUT2D eigenvalue weighted by Crippen LogP contribution is 2.22. The zero-order chi connectivity index (χ0) is 17.4. The van der Waals surface area contributed by atoms with Crippen LogP contribution in [0.4, 0.5) is 9.18 Å². The molecule has 1 saturated heterocycles. The summed E-state index contributed by atoms with van der Waals surface area (Å²) in [5.74, 6) is -0.762. The number of aromatic amines is 1. The summed E-state index contributed by atoms with van der Waals surface area (Å²) in [5, 5.41) is 3.72. The summed E-state index contributed by atoms with van der Waals surface area (Å²) in [6.07, 6.45) is 2.24. The summed E-state index contributed by atoms with van der Waals surface area (Å²) >= 11 is 0. The minimum absolute atomic E-state index is 0.0677. The van der Waals surface area contributed by atoms with Crippen molar-refractivity contribution in [3.8, 4) is 0 Å². The van der Waals surface area contributed by atoms with Crippen molar-refractivity contribution in [3.63, 3.8) is 0 Å². The summed E-state index contributed by atoms with van der Waals surface area (Å²) in [6, 6.07) is 12.8. The Labute approximate surface area is 143 Å². The fourth-order valence-corrected chi connectivity index (χ4v) is 3.18. The van der Waals surface area contributed by atoms with Gasteiger partial charge in [0.1, 0.15) is 11.9 Å². The molecule has 2 aromatic carbocycles. The zero-order valence-corrected chi connectivity index (χ0v) is 13.3. The lowest BCUT2D eigenvalue weighted by Crippen LogP contribution is -2.32. The van der Waals surface area contributed by atoms with Gasteiger partial charge >= 0.3 is 6.03 Å². The van der Waals surface area contributed by atoms with Crippen molar-refractivity contribution in [2.75, 3.05) is 0 Å². The lowest BCUT2D eigenvalue weighted by Gasteiger charge is -2.13. The van der Waals surface area contributed by atoms with E-state index in [1.807, 2.05) is 30.5 Å². The molecule has 3 aromatic rings. The molecule has 1 atom stereocenters. The minimum atomic E-state index is -0.640. The normalized spacial score (nSPS) is 17.3. The van der Waals surface area contributed by atoms with E-state index in [1.165, 1.54) is 6.07 Å². The Balaban J connectivity index is 1.54. The van der Waals surface area contributed by atoms with E-state index in [0.29, 0.717) is 12.0 Å². The highest BCUT2D eigenvalue weighted by Gasteiger charge is 2.38. The first-order chi connectivity index (χ1) is 12.1. The zero-order valence-electron chi connectivity index (χ0n) is 13.3. The summed E-state index contributed by atoms with van der Waals surface area (Å²) in [5.41, 5.74) is 2.26. The number of H-pyrrole nitrogens is 1. The van der Waals surface area contributed by atoms with Gasteiger partial charge in [-0.3, -0.25) is 9.69 Å². The highest BCUT2D eigenvalue weighted by molar-refractivity contribution is 6.04. The molecule has 2 heterocycles. The van der Waals surface area contributed by atoms with Gasteiger partial charge in [-0.15, -0.1) is 0 Å². The Bertz CT molecular complexity index is 966. The summed E-state index contributed by atoms with van der Waals surface area (Å²) < 4.78 is 13.8. The molecule has 1 aliphatic rings. The van der Waals surface area contributed by atoms with Crippen molar-refractivity contribution in [1.29, 1.82) is 0 Å². The number of halogens is 1. The number of nitrogens with one attached hydrogen (secondary N) is 2. The molecule has 25 heavy (non-hydrogen) atoms. The van der Waals surface area contributed by atoms with Crippen LogP contribution >= 0.6 is 0 Å². The van der Waals surface area contributed by atoms with Crippen LogP contribution in [0.2, 0.25) is 0 Å². The Morgan fingerprint density at radius 1 is 1.00 bits per heavy atom. The van der Waals surface area contributed by atoms with Crippen LogP contribution in [0.1, 0.15) is 11.1 Å². The second-order valence-electron chi connectivity index (χ2n) is 6.08. The monoisotopic (exact) mass is 337 g/mol. The lowest BCUT2D eigenvalue weighted by atomic mass is 10.0. The van der Waals surface area contributed by atoms with E-state index in [1.54, 1.807) is 18.2 Å². The van der Waals surface area contributed by atoms with Crippen LogP contribution in [0, 0.1) is 5.82 Å². The van der Waals surface area contributed by atoms with Crippen molar-refractivity contribution >= 4 is 22.8 Å². The molecule has 1 aromatic heterocycles. The second kappa shape index (κ2) is 6.05. The first kappa shape index (κ1) is 15.4. The van der Waals surface area contributed by atoms with Crippen LogP contribution < -0.4 is 5.32 Å². The van der Waals surface area contributed by atoms with E-state index in [4.69, 9.17) is 0 Å². The number of urea groups is 1. The standard InChI is InChI=1S/C19H16FN3O2/c20-15-7-3-1-5-12(15)11-23-18(24)17(22-19(23)25)9-13-10-21-16-8-4-2-6-14(13)16/h1-8,10,17,21H,9,11H2,(H,22,25)/t17-/m0/s1. The minimum Gasteiger partial charge on any atom is -0.361 e. The molecule has 2 N–H and O–H groups in total. The van der Waals surface area contributed by atoms with Crippen molar-refractivity contribution in [1.82, 2.24) is 15.2 Å². The van der Waals surface area contributed by atoms with Crippen LogP contribution in [-0.4, -0.2) is 27.9 Å². The molecule has 4 rings (SSSR count). The molecule has 0 spiro atoms. The third-order valence-corrected chi connectivity index (χ3v) is 4.49. The number of hydrogen-bond donors (Lipinski definition) is 2. The number of hydrogen-bond acceptors (Lipinski definition) is 2. The number of rotatable bonds is 4. The van der Waals surface area contributed by atoms with Crippen molar-refractivity contribution in [3.05, 3.63) is 71.7 Å². The molecule has 1 aliphatic heterocycles. The Hall–Kier alpha value is -3.15. The van der Waals surface area contributed by atoms with Crippen LogP contribution in [0.3, 0.4) is 0 Å². The fourth-order valence-electron chi connectivity index (χ4n) is 3.18. The number of benzene rings is 2. The number of nitrogens with zero attached hydrogens (tertiary/aromatic N) is 1. The third kappa shape index (κ3) is 2.76. The Morgan fingerprint density at radius 2 is 1.76 bits per heavy atom. The number of carbonyl (C=O) groups is 2. The molecular weight excluding hydrogens is 321 g/mol. The van der Waals surface area contributed by atoms with E-state index < -0.39 is 17.9 Å². The molecule has 5 nitrogen and oxygen atoms in total. The first-order valence-electron chi connectivity index (χ1n) is 8.04. The average molecular weight is 337 g/mol. The van der Waals surface area contributed by atoms with Gasteiger partial charge in [0.15, 0.2) is 0 Å². The molecule has 6 heteroatoms. The summed E-state index contributed by atoms with van der Waals surface area (Å²) in [6.45, 7) is -0.0677. The number of carbonyl (C=O) groups excluding carboxylic acids is 2. The third-order valence-electron chi connectivity index (χ3n) is 4.49. The predicted octanol–water partition coefficient (Wildman–Crippen LogP) is 2.97. The summed E-state index contributed by atoms with van der Waals surface area (Å²) in [4.78, 5) is 29.0. The number of aromatic nitrogens is 1. The van der Waals surface area contributed by atoms with Crippen LogP contribution in [0.5, 0.6) is 0 Å². The average Bonchev–Trinajstić information content (AvgIpc) is 3.13. The molecule has 0 radical (unpaired) electrons. The molecule has 126 valence electrons. The van der Waals surface area contributed by atoms with Gasteiger partial charge < -0.3 is 10.3 Å². The van der Waals surface area contributed by atoms with Gasteiger partial charge in [0.05, 0.1) is 6.54 Å². The van der Waals surface area contributed by atoms with Gasteiger partial charge in [-0.05, 0) is 17.7 Å². The first-order valence-corrected chi connectivity index (χ1v) is 8.04. The van der Waals surface area contributed by atoms with E-state index in [0.717, 1.165) is 21.4 Å². The van der Waals surface area contributed by atoms with Gasteiger partial charge in [-0.25, -0.2) is 9.18 Å². The quantitative estimate of drug-likeness (QED) is 0.719. The smallest absolute Gasteiger partial charge is 0.325 e. The summed E-state index contributed by atoms with van der Waals surface area (Å²) in [7, 11) is 0. The molecule has 0 unspecified atom stereocenters. The van der Waals surface area contributed by atoms with Crippen LogP contribution in [0.25, 0.3) is 10.9 Å². The molecule has 3 amide bonds. The topological polar surface area (TPSA) is 65.2 Å². The SMILES string of the molecule is O=C1N[C@@H](Cc2c[nH]c3ccccc23)C(=O)N1Cc1ccccc1F. The van der Waals surface area contributed by atoms with E-state index in [9.17, 15) is 14.0 Å². The molecule has 0 aliphatic carbocycles. The Morgan fingerprint density at radius 3 is 2.60 bits per heavy atom. The number of fused-ring (bicyclic) bond motifs is 1. The molecular formula is C19H16FN3O2. The van der Waals surface area contributed by atoms with E-state index in [-0.39, 0.29) is 12.5 Å². The maximum atomic E-state index is 13.8. The molecule has 1 fully saturated rings. The maximum Gasteiger partial charge on any atom is 0.325 e. The Kier molecular flexibility index (Phi) is 3.72. The largest absolute Gasteiger partial charge is 0.361 e. The van der Waals surface area contributed by atoms with Gasteiger partial charge in [-0.1, -0.05) is 36.4 Å². The number of imide groups is 1. The van der Waals surface area contributed by atoms with E-state index >= 15 is 0 Å². The van der Waals surface area contributed by atoms with Gasteiger partial charge in [0.25, 0.3) is 5.91 Å². The molecule has 0 bridgehead atoms. The van der Waals surface area contributed by atoms with Gasteiger partial charge in [0.2, 0.25) is 0 Å². The fraction of sp³-hybridized carbons (Fsp3) is 0.158. The van der Waals surface area contributed by atoms with Crippen LogP contribution in [0.15, 0.2) is 54.7 Å². The number of para-hydroxylation sites is 1. The van der Waals surface area contributed by atoms with Crippen molar-refractivity contribution in [2.45, 2.75) is 19.0 Å². The number of amides is 3. The maximum absolute atomic E-state index is 13.8. The van der Waals surface area contributed by atoms with E-state index in [2.05, 4.69) is 10.3 Å². The predicted molar refractivity (Wildman–Crippen MR) is 91.3 cm³/mol. The van der Waals surface area contributed by atoms with Gasteiger partial charge in [0, 0.05) is 29.1 Å². The van der Waals surface area contributed by atoms with Crippen molar-refractivity contribution < 1.29 is 14.0 Å². The molecule has 0 saturated carbocycles. The van der Waals surface area contributed by atoms with Crippen LogP contribution in [-0.2, 0) is 17.8 Å².